The average Bonchev–Trinajstić information content (AvgIpc) is 2.55. The molecular weight excluding hydrogens is 300 g/mol. The molecule has 4 nitrogen and oxygen atoms in total. The molecule has 0 aliphatic carbocycles. The van der Waals surface area contributed by atoms with Crippen LogP contribution in [0.2, 0.25) is 0 Å². The lowest BCUT2D eigenvalue weighted by atomic mass is 10.1. The Hall–Kier alpha value is -2.88. The fraction of sp³-hybridized carbons (Fsp3) is 0.200. The highest BCUT2D eigenvalue weighted by Crippen LogP contribution is 2.23. The summed E-state index contributed by atoms with van der Waals surface area (Å²) in [6.45, 7) is 6.13. The fourth-order valence-electron chi connectivity index (χ4n) is 2.56. The van der Waals surface area contributed by atoms with Gasteiger partial charge in [0.1, 0.15) is 18.2 Å². The molecule has 1 aromatic heterocycles. The highest BCUT2D eigenvalue weighted by atomic mass is 16.5. The molecule has 122 valence electrons. The number of anilines is 1. The van der Waals surface area contributed by atoms with Gasteiger partial charge in [-0.2, -0.15) is 0 Å². The van der Waals surface area contributed by atoms with E-state index in [0.717, 1.165) is 22.2 Å². The molecule has 0 unspecified atom stereocenters. The lowest BCUT2D eigenvalue weighted by Gasteiger charge is -2.11. The zero-order chi connectivity index (χ0) is 17.1. The normalized spacial score (nSPS) is 10.6. The van der Waals surface area contributed by atoms with Crippen LogP contribution in [0.1, 0.15) is 23.6 Å². The highest BCUT2D eigenvalue weighted by molar-refractivity contribution is 5.89. The molecule has 0 aliphatic rings. The van der Waals surface area contributed by atoms with E-state index >= 15 is 0 Å². The number of amides is 1. The Morgan fingerprint density at radius 3 is 2.75 bits per heavy atom. The second kappa shape index (κ2) is 6.71. The summed E-state index contributed by atoms with van der Waals surface area (Å²) in [5, 5.41) is 3.71. The van der Waals surface area contributed by atoms with Gasteiger partial charge in [0.25, 0.3) is 0 Å². The molecule has 0 bridgehead atoms. The van der Waals surface area contributed by atoms with Crippen LogP contribution in [0.4, 0.5) is 5.82 Å². The van der Waals surface area contributed by atoms with Crippen LogP contribution in [-0.4, -0.2) is 10.9 Å². The first-order valence-electron chi connectivity index (χ1n) is 7.89. The molecule has 0 aliphatic heterocycles. The molecule has 1 N–H and O–H groups in total. The second-order valence-electron chi connectivity index (χ2n) is 5.89. The molecule has 0 saturated carbocycles. The molecule has 1 heterocycles. The van der Waals surface area contributed by atoms with Crippen molar-refractivity contribution in [2.45, 2.75) is 27.4 Å². The summed E-state index contributed by atoms with van der Waals surface area (Å²) < 4.78 is 5.95. The van der Waals surface area contributed by atoms with Crippen LogP contribution in [0.25, 0.3) is 10.9 Å². The number of rotatable bonds is 4. The first kappa shape index (κ1) is 16.0. The van der Waals surface area contributed by atoms with E-state index in [4.69, 9.17) is 4.74 Å². The largest absolute Gasteiger partial charge is 0.489 e. The van der Waals surface area contributed by atoms with Crippen molar-refractivity contribution in [2.75, 3.05) is 5.32 Å². The van der Waals surface area contributed by atoms with Crippen LogP contribution in [0, 0.1) is 13.8 Å². The van der Waals surface area contributed by atoms with E-state index in [1.54, 1.807) is 6.07 Å². The summed E-state index contributed by atoms with van der Waals surface area (Å²) >= 11 is 0. The summed E-state index contributed by atoms with van der Waals surface area (Å²) in [5.41, 5.74) is 4.31. The van der Waals surface area contributed by atoms with E-state index < -0.39 is 0 Å². The smallest absolute Gasteiger partial charge is 0.222 e. The zero-order valence-electron chi connectivity index (χ0n) is 14.1. The van der Waals surface area contributed by atoms with Crippen molar-refractivity contribution >= 4 is 22.6 Å². The van der Waals surface area contributed by atoms with Gasteiger partial charge in [0, 0.05) is 12.3 Å². The van der Waals surface area contributed by atoms with Crippen molar-refractivity contribution in [1.82, 2.24) is 4.98 Å². The van der Waals surface area contributed by atoms with Gasteiger partial charge in [-0.25, -0.2) is 4.98 Å². The van der Waals surface area contributed by atoms with Crippen LogP contribution in [0.15, 0.2) is 48.5 Å². The van der Waals surface area contributed by atoms with Crippen LogP contribution < -0.4 is 10.1 Å². The maximum Gasteiger partial charge on any atom is 0.222 e. The van der Waals surface area contributed by atoms with Crippen LogP contribution in [0.5, 0.6) is 5.75 Å². The first-order chi connectivity index (χ1) is 11.5. The Balaban J connectivity index is 1.78. The Labute approximate surface area is 141 Å². The van der Waals surface area contributed by atoms with Crippen LogP contribution in [0.3, 0.4) is 0 Å². The van der Waals surface area contributed by atoms with E-state index in [1.807, 2.05) is 30.3 Å². The second-order valence-corrected chi connectivity index (χ2v) is 5.89. The average molecular weight is 320 g/mol. The molecule has 0 radical (unpaired) electrons. The monoisotopic (exact) mass is 320 g/mol. The van der Waals surface area contributed by atoms with Gasteiger partial charge in [-0.05, 0) is 60.9 Å². The Morgan fingerprint density at radius 2 is 1.96 bits per heavy atom. The van der Waals surface area contributed by atoms with Crippen molar-refractivity contribution in [2.24, 2.45) is 0 Å². The first-order valence-corrected chi connectivity index (χ1v) is 7.89. The van der Waals surface area contributed by atoms with Gasteiger partial charge in [0.2, 0.25) is 5.91 Å². The standard InChI is InChI=1S/C20H20N2O2/c1-13-5-4-6-19(14(13)2)24-12-16-7-9-18-17(11-16)8-10-20(22-18)21-15(3)23/h4-11H,12H2,1-3H3,(H,21,22,23). The summed E-state index contributed by atoms with van der Waals surface area (Å²) in [6, 6.07) is 15.8. The van der Waals surface area contributed by atoms with E-state index in [-0.39, 0.29) is 5.91 Å². The van der Waals surface area contributed by atoms with Gasteiger partial charge < -0.3 is 10.1 Å². The van der Waals surface area contributed by atoms with E-state index in [2.05, 4.69) is 36.3 Å². The van der Waals surface area contributed by atoms with Crippen molar-refractivity contribution in [3.05, 3.63) is 65.2 Å². The third-order valence-electron chi connectivity index (χ3n) is 4.01. The summed E-state index contributed by atoms with van der Waals surface area (Å²) in [7, 11) is 0. The van der Waals surface area contributed by atoms with Crippen molar-refractivity contribution in [1.29, 1.82) is 0 Å². The van der Waals surface area contributed by atoms with Gasteiger partial charge in [0.05, 0.1) is 5.52 Å². The predicted molar refractivity (Wildman–Crippen MR) is 96.3 cm³/mol. The lowest BCUT2D eigenvalue weighted by Crippen LogP contribution is -2.07. The predicted octanol–water partition coefficient (Wildman–Crippen LogP) is 4.39. The fourth-order valence-corrected chi connectivity index (χ4v) is 2.56. The number of benzene rings is 2. The lowest BCUT2D eigenvalue weighted by molar-refractivity contribution is -0.114. The van der Waals surface area contributed by atoms with Gasteiger partial charge >= 0.3 is 0 Å². The number of nitrogens with one attached hydrogen (secondary N) is 1. The Bertz CT molecular complexity index is 903. The summed E-state index contributed by atoms with van der Waals surface area (Å²) in [5.74, 6) is 1.35. The third kappa shape index (κ3) is 3.54. The molecular formula is C20H20N2O2. The maximum absolute atomic E-state index is 11.1. The maximum atomic E-state index is 11.1. The van der Waals surface area contributed by atoms with Gasteiger partial charge in [-0.1, -0.05) is 18.2 Å². The van der Waals surface area contributed by atoms with Gasteiger partial charge in [-0.15, -0.1) is 0 Å². The van der Waals surface area contributed by atoms with Gasteiger partial charge in [0.15, 0.2) is 0 Å². The minimum Gasteiger partial charge on any atom is -0.489 e. The SMILES string of the molecule is CC(=O)Nc1ccc2cc(COc3cccc(C)c3C)ccc2n1. The molecule has 3 rings (SSSR count). The number of aromatic nitrogens is 1. The number of carbonyl (C=O) groups is 1. The summed E-state index contributed by atoms with van der Waals surface area (Å²) in [6.07, 6.45) is 0. The highest BCUT2D eigenvalue weighted by Gasteiger charge is 2.04. The number of ether oxygens (including phenoxy) is 1. The van der Waals surface area contributed by atoms with E-state index in [9.17, 15) is 4.79 Å². The molecule has 4 heteroatoms. The van der Waals surface area contributed by atoms with Crippen molar-refractivity contribution < 1.29 is 9.53 Å². The minimum absolute atomic E-state index is 0.125. The molecule has 1 amide bonds. The van der Waals surface area contributed by atoms with E-state index in [0.29, 0.717) is 12.4 Å². The van der Waals surface area contributed by atoms with Crippen molar-refractivity contribution in [3.8, 4) is 5.75 Å². The third-order valence-corrected chi connectivity index (χ3v) is 4.01. The number of hydrogen-bond donors (Lipinski definition) is 1. The Morgan fingerprint density at radius 1 is 1.12 bits per heavy atom. The minimum atomic E-state index is -0.125. The van der Waals surface area contributed by atoms with Crippen LogP contribution >= 0.6 is 0 Å². The zero-order valence-corrected chi connectivity index (χ0v) is 14.1. The van der Waals surface area contributed by atoms with Crippen molar-refractivity contribution in [3.63, 3.8) is 0 Å². The number of hydrogen-bond acceptors (Lipinski definition) is 3. The molecule has 0 spiro atoms. The molecule has 3 aromatic rings. The number of carbonyl (C=O) groups excluding carboxylic acids is 1. The molecule has 2 aromatic carbocycles. The van der Waals surface area contributed by atoms with Crippen LogP contribution in [-0.2, 0) is 11.4 Å². The molecule has 0 fully saturated rings. The molecule has 0 saturated heterocycles. The number of fused-ring (bicyclic) bond motifs is 1. The number of aryl methyl sites for hydroxylation is 1. The topological polar surface area (TPSA) is 51.2 Å². The summed E-state index contributed by atoms with van der Waals surface area (Å²) in [4.78, 5) is 15.5. The molecule has 24 heavy (non-hydrogen) atoms. The van der Waals surface area contributed by atoms with E-state index in [1.165, 1.54) is 18.1 Å². The number of nitrogens with zero attached hydrogens (tertiary/aromatic N) is 1. The number of pyridine rings is 1. The quantitative estimate of drug-likeness (QED) is 0.775. The Kier molecular flexibility index (Phi) is 4.47. The molecule has 0 atom stereocenters. The van der Waals surface area contributed by atoms with Gasteiger partial charge in [-0.3, -0.25) is 4.79 Å².